The molecule has 0 aliphatic carbocycles. The van der Waals surface area contributed by atoms with Gasteiger partial charge in [0, 0.05) is 6.92 Å². The van der Waals surface area contributed by atoms with Crippen LogP contribution in [0.3, 0.4) is 0 Å². The van der Waals surface area contributed by atoms with Crippen LogP contribution in [0.2, 0.25) is 0 Å². The Morgan fingerprint density at radius 1 is 1.04 bits per heavy atom. The first-order valence-corrected chi connectivity index (χ1v) is 8.00. The van der Waals surface area contributed by atoms with Gasteiger partial charge in [0.25, 0.3) is 0 Å². The number of carbonyl (C=O) groups is 4. The molecule has 7 N–H and O–H groups in total. The van der Waals surface area contributed by atoms with Crippen molar-refractivity contribution in [2.24, 2.45) is 17.4 Å². The van der Waals surface area contributed by atoms with Crippen molar-refractivity contribution in [2.75, 3.05) is 13.1 Å². The molecule has 0 aromatic heterocycles. The quantitative estimate of drug-likeness (QED) is 0.304. The predicted molar refractivity (Wildman–Crippen MR) is 89.5 cm³/mol. The lowest BCUT2D eigenvalue weighted by atomic mass is 10.0. The molecule has 2 atom stereocenters. The van der Waals surface area contributed by atoms with Gasteiger partial charge in [-0.1, -0.05) is 13.8 Å². The average molecular weight is 343 g/mol. The molecule has 4 amide bonds. The van der Waals surface area contributed by atoms with Gasteiger partial charge < -0.3 is 27.4 Å². The lowest BCUT2D eigenvalue weighted by Crippen LogP contribution is -2.54. The molecular formula is C15H29N5O4. The molecule has 0 radical (unpaired) electrons. The minimum Gasteiger partial charge on any atom is -0.368 e. The van der Waals surface area contributed by atoms with Gasteiger partial charge in [-0.2, -0.15) is 0 Å². The SMILES string of the molecule is CC(=O)NCC(=O)N[C@@H](CCCN)C(=O)N[C@@H](CC(C)C)C(N)=O. The Morgan fingerprint density at radius 3 is 2.12 bits per heavy atom. The lowest BCUT2D eigenvalue weighted by molar-refractivity contribution is -0.132. The first kappa shape index (κ1) is 21.8. The summed E-state index contributed by atoms with van der Waals surface area (Å²) in [6, 6.07) is -1.64. The third-order valence-corrected chi connectivity index (χ3v) is 3.21. The standard InChI is InChI=1S/C15H29N5O4/c1-9(2)7-12(14(17)23)20-15(24)11(5-4-6-16)19-13(22)8-18-10(3)21/h9,11-12H,4-8,16H2,1-3H3,(H2,17,23)(H,18,21)(H,19,22)(H,20,24)/t11-,12-/m0/s1. The van der Waals surface area contributed by atoms with Crippen LogP contribution in [0.25, 0.3) is 0 Å². The Balaban J connectivity index is 4.81. The number of hydrogen-bond donors (Lipinski definition) is 5. The van der Waals surface area contributed by atoms with Crippen LogP contribution in [0.4, 0.5) is 0 Å². The molecule has 0 saturated carbocycles. The van der Waals surface area contributed by atoms with Gasteiger partial charge in [-0.15, -0.1) is 0 Å². The topological polar surface area (TPSA) is 156 Å². The van der Waals surface area contributed by atoms with Crippen LogP contribution in [0, 0.1) is 5.92 Å². The van der Waals surface area contributed by atoms with Crippen molar-refractivity contribution in [3.8, 4) is 0 Å². The van der Waals surface area contributed by atoms with Crippen molar-refractivity contribution in [1.29, 1.82) is 0 Å². The molecule has 0 aromatic rings. The second-order valence-corrected chi connectivity index (χ2v) is 6.05. The van der Waals surface area contributed by atoms with E-state index < -0.39 is 29.8 Å². The predicted octanol–water partition coefficient (Wildman–Crippen LogP) is -1.64. The van der Waals surface area contributed by atoms with E-state index >= 15 is 0 Å². The van der Waals surface area contributed by atoms with Crippen LogP contribution in [0.15, 0.2) is 0 Å². The van der Waals surface area contributed by atoms with E-state index in [9.17, 15) is 19.2 Å². The Labute approximate surface area is 142 Å². The fourth-order valence-electron chi connectivity index (χ4n) is 2.03. The van der Waals surface area contributed by atoms with Crippen LogP contribution in [-0.4, -0.2) is 48.8 Å². The first-order valence-electron chi connectivity index (χ1n) is 8.00. The van der Waals surface area contributed by atoms with Gasteiger partial charge in [-0.05, 0) is 31.7 Å². The van der Waals surface area contributed by atoms with Crippen LogP contribution in [0.5, 0.6) is 0 Å². The highest BCUT2D eigenvalue weighted by molar-refractivity contribution is 5.92. The second-order valence-electron chi connectivity index (χ2n) is 6.05. The van der Waals surface area contributed by atoms with E-state index in [1.54, 1.807) is 0 Å². The summed E-state index contributed by atoms with van der Waals surface area (Å²) in [4.78, 5) is 46.4. The van der Waals surface area contributed by atoms with Gasteiger partial charge >= 0.3 is 0 Å². The molecule has 0 rings (SSSR count). The monoisotopic (exact) mass is 343 g/mol. The molecule has 0 spiro atoms. The summed E-state index contributed by atoms with van der Waals surface area (Å²) in [5, 5.41) is 7.45. The zero-order chi connectivity index (χ0) is 18.7. The zero-order valence-corrected chi connectivity index (χ0v) is 14.6. The van der Waals surface area contributed by atoms with Gasteiger partial charge in [-0.25, -0.2) is 0 Å². The molecule has 0 unspecified atom stereocenters. The number of nitrogens with two attached hydrogens (primary N) is 2. The number of amides is 4. The van der Waals surface area contributed by atoms with Crippen LogP contribution in [0.1, 0.15) is 40.0 Å². The summed E-state index contributed by atoms with van der Waals surface area (Å²) in [7, 11) is 0. The fraction of sp³-hybridized carbons (Fsp3) is 0.733. The highest BCUT2D eigenvalue weighted by Crippen LogP contribution is 2.06. The van der Waals surface area contributed by atoms with Crippen molar-refractivity contribution in [1.82, 2.24) is 16.0 Å². The number of rotatable bonds is 11. The highest BCUT2D eigenvalue weighted by atomic mass is 16.2. The first-order chi connectivity index (χ1) is 11.2. The molecule has 0 aromatic carbocycles. The second kappa shape index (κ2) is 11.4. The third-order valence-electron chi connectivity index (χ3n) is 3.21. The van der Waals surface area contributed by atoms with Crippen molar-refractivity contribution < 1.29 is 19.2 Å². The van der Waals surface area contributed by atoms with Gasteiger partial charge in [0.15, 0.2) is 0 Å². The van der Waals surface area contributed by atoms with Crippen molar-refractivity contribution >= 4 is 23.6 Å². The van der Waals surface area contributed by atoms with Crippen molar-refractivity contribution in [3.05, 3.63) is 0 Å². The van der Waals surface area contributed by atoms with Crippen LogP contribution >= 0.6 is 0 Å². The average Bonchev–Trinajstić information content (AvgIpc) is 2.47. The molecule has 0 bridgehead atoms. The summed E-state index contributed by atoms with van der Waals surface area (Å²) in [5.74, 6) is -1.80. The van der Waals surface area contributed by atoms with Crippen molar-refractivity contribution in [3.63, 3.8) is 0 Å². The van der Waals surface area contributed by atoms with Gasteiger partial charge in [0.1, 0.15) is 12.1 Å². The van der Waals surface area contributed by atoms with E-state index in [1.165, 1.54) is 6.92 Å². The van der Waals surface area contributed by atoms with Gasteiger partial charge in [0.05, 0.1) is 6.54 Å². The van der Waals surface area contributed by atoms with E-state index in [0.29, 0.717) is 25.8 Å². The minimum absolute atomic E-state index is 0.166. The number of primary amides is 1. The third kappa shape index (κ3) is 9.78. The number of hydrogen-bond acceptors (Lipinski definition) is 5. The maximum Gasteiger partial charge on any atom is 0.243 e. The minimum atomic E-state index is -0.844. The maximum absolute atomic E-state index is 12.4. The molecule has 0 heterocycles. The molecule has 24 heavy (non-hydrogen) atoms. The zero-order valence-electron chi connectivity index (χ0n) is 14.6. The van der Waals surface area contributed by atoms with Gasteiger partial charge in [-0.3, -0.25) is 19.2 Å². The molecule has 138 valence electrons. The molecule has 0 saturated heterocycles. The van der Waals surface area contributed by atoms with E-state index in [0.717, 1.165) is 0 Å². The number of nitrogens with one attached hydrogen (secondary N) is 3. The van der Waals surface area contributed by atoms with Crippen LogP contribution < -0.4 is 27.4 Å². The largest absolute Gasteiger partial charge is 0.368 e. The normalized spacial score (nSPS) is 13.0. The van der Waals surface area contributed by atoms with Crippen LogP contribution in [-0.2, 0) is 19.2 Å². The molecule has 0 aliphatic heterocycles. The Kier molecular flexibility index (Phi) is 10.4. The lowest BCUT2D eigenvalue weighted by Gasteiger charge is -2.23. The summed E-state index contributed by atoms with van der Waals surface area (Å²) >= 11 is 0. The smallest absolute Gasteiger partial charge is 0.243 e. The molecule has 9 nitrogen and oxygen atoms in total. The van der Waals surface area contributed by atoms with E-state index in [-0.39, 0.29) is 18.4 Å². The van der Waals surface area contributed by atoms with E-state index in [1.807, 2.05) is 13.8 Å². The molecule has 9 heteroatoms. The molecule has 0 fully saturated rings. The Bertz CT molecular complexity index is 453. The van der Waals surface area contributed by atoms with E-state index in [2.05, 4.69) is 16.0 Å². The fourth-order valence-corrected chi connectivity index (χ4v) is 2.03. The maximum atomic E-state index is 12.4. The highest BCUT2D eigenvalue weighted by Gasteiger charge is 2.25. The summed E-state index contributed by atoms with van der Waals surface area (Å²) in [5.41, 5.74) is 10.8. The number of carbonyl (C=O) groups excluding carboxylic acids is 4. The summed E-state index contributed by atoms with van der Waals surface area (Å²) < 4.78 is 0. The Morgan fingerprint density at radius 2 is 1.67 bits per heavy atom. The Hall–Kier alpha value is -2.16. The van der Waals surface area contributed by atoms with E-state index in [4.69, 9.17) is 11.5 Å². The molecular weight excluding hydrogens is 314 g/mol. The molecule has 0 aliphatic rings. The summed E-state index contributed by atoms with van der Waals surface area (Å²) in [6.07, 6.45) is 1.25. The van der Waals surface area contributed by atoms with Crippen molar-refractivity contribution in [2.45, 2.75) is 52.1 Å². The van der Waals surface area contributed by atoms with Gasteiger partial charge in [0.2, 0.25) is 23.6 Å². The summed E-state index contributed by atoms with van der Waals surface area (Å²) in [6.45, 7) is 5.23.